The number of ether oxygens (including phenoxy) is 1. The lowest BCUT2D eigenvalue weighted by Gasteiger charge is -2.47. The summed E-state index contributed by atoms with van der Waals surface area (Å²) < 4.78 is 18.9. The highest BCUT2D eigenvalue weighted by molar-refractivity contribution is 7.09. The van der Waals surface area contributed by atoms with Gasteiger partial charge in [0.15, 0.2) is 0 Å². The first kappa shape index (κ1) is 17.6. The maximum absolute atomic E-state index is 13.0. The number of carbonyl (C=O) groups is 1. The summed E-state index contributed by atoms with van der Waals surface area (Å²) in [7, 11) is 0. The third-order valence-corrected chi connectivity index (χ3v) is 6.23. The Kier molecular flexibility index (Phi) is 5.05. The summed E-state index contributed by atoms with van der Waals surface area (Å²) in [6.07, 6.45) is 6.28. The van der Waals surface area contributed by atoms with Crippen LogP contribution < -0.4 is 5.32 Å². The Hall–Kier alpha value is -1.79. The van der Waals surface area contributed by atoms with Crippen LogP contribution in [0.15, 0.2) is 29.6 Å². The summed E-state index contributed by atoms with van der Waals surface area (Å²) in [6.45, 7) is 0.740. The highest BCUT2D eigenvalue weighted by Crippen LogP contribution is 2.42. The molecule has 2 heterocycles. The molecule has 1 amide bonds. The number of aromatic nitrogens is 1. The molecule has 0 bridgehead atoms. The average molecular weight is 374 g/mol. The smallest absolute Gasteiger partial charge is 0.226 e. The van der Waals surface area contributed by atoms with Crippen molar-refractivity contribution in [3.63, 3.8) is 0 Å². The van der Waals surface area contributed by atoms with Crippen LogP contribution >= 0.6 is 11.3 Å². The van der Waals surface area contributed by atoms with Crippen molar-refractivity contribution in [3.05, 3.63) is 51.7 Å². The molecule has 2 aliphatic rings. The van der Waals surface area contributed by atoms with Gasteiger partial charge in [0.1, 0.15) is 5.82 Å². The van der Waals surface area contributed by atoms with Gasteiger partial charge in [0.25, 0.3) is 0 Å². The fourth-order valence-electron chi connectivity index (χ4n) is 3.80. The van der Waals surface area contributed by atoms with Crippen molar-refractivity contribution in [2.45, 2.75) is 56.6 Å². The van der Waals surface area contributed by atoms with E-state index in [4.69, 9.17) is 4.74 Å². The fourth-order valence-corrected chi connectivity index (χ4v) is 4.63. The topological polar surface area (TPSA) is 51.2 Å². The molecule has 1 spiro atoms. The molecule has 1 aromatic carbocycles. The number of halogens is 1. The van der Waals surface area contributed by atoms with Gasteiger partial charge < -0.3 is 10.1 Å². The number of thiazole rings is 1. The van der Waals surface area contributed by atoms with E-state index in [1.807, 2.05) is 5.38 Å². The maximum atomic E-state index is 13.0. The summed E-state index contributed by atoms with van der Waals surface area (Å²) in [5, 5.41) is 6.04. The van der Waals surface area contributed by atoms with Gasteiger partial charge in [-0.15, -0.1) is 11.3 Å². The minimum atomic E-state index is -0.234. The van der Waals surface area contributed by atoms with Crippen LogP contribution in [-0.4, -0.2) is 29.1 Å². The molecule has 1 aromatic heterocycles. The maximum Gasteiger partial charge on any atom is 0.226 e. The SMILES string of the molecule is O=C(Cc1csc(Cc2ccc(F)cc2)n1)NC1CCOC2(CCC2)C1. The number of hydrogen-bond acceptors (Lipinski definition) is 4. The van der Waals surface area contributed by atoms with Crippen molar-refractivity contribution in [2.75, 3.05) is 6.61 Å². The Bertz CT molecular complexity index is 770. The number of hydrogen-bond donors (Lipinski definition) is 1. The zero-order valence-corrected chi connectivity index (χ0v) is 15.5. The average Bonchev–Trinajstić information content (AvgIpc) is 3.02. The molecular formula is C20H23FN2O2S. The number of nitrogens with one attached hydrogen (secondary N) is 1. The highest BCUT2D eigenvalue weighted by Gasteiger charge is 2.42. The van der Waals surface area contributed by atoms with E-state index >= 15 is 0 Å². The fraction of sp³-hybridized carbons (Fsp3) is 0.500. The largest absolute Gasteiger partial charge is 0.375 e. The number of amides is 1. The van der Waals surface area contributed by atoms with Gasteiger partial charge in [0.05, 0.1) is 22.7 Å². The van der Waals surface area contributed by atoms with Crippen LogP contribution in [0, 0.1) is 5.82 Å². The van der Waals surface area contributed by atoms with Gasteiger partial charge in [-0.05, 0) is 49.8 Å². The van der Waals surface area contributed by atoms with E-state index in [1.54, 1.807) is 23.5 Å². The van der Waals surface area contributed by atoms with Crippen LogP contribution in [0.3, 0.4) is 0 Å². The van der Waals surface area contributed by atoms with Gasteiger partial charge in [-0.25, -0.2) is 9.37 Å². The zero-order valence-electron chi connectivity index (χ0n) is 14.7. The van der Waals surface area contributed by atoms with Gasteiger partial charge in [-0.1, -0.05) is 12.1 Å². The first-order chi connectivity index (χ1) is 12.6. The molecule has 4 rings (SSSR count). The predicted molar refractivity (Wildman–Crippen MR) is 98.7 cm³/mol. The molecule has 4 nitrogen and oxygen atoms in total. The molecule has 1 atom stereocenters. The summed E-state index contributed by atoms with van der Waals surface area (Å²) in [5.41, 5.74) is 1.86. The van der Waals surface area contributed by atoms with Crippen molar-refractivity contribution < 1.29 is 13.9 Å². The van der Waals surface area contributed by atoms with E-state index in [-0.39, 0.29) is 23.4 Å². The number of benzene rings is 1. The molecule has 1 saturated carbocycles. The summed E-state index contributed by atoms with van der Waals surface area (Å²) in [4.78, 5) is 16.9. The Labute approximate surface area is 156 Å². The van der Waals surface area contributed by atoms with Gasteiger partial charge in [0, 0.05) is 24.4 Å². The lowest BCUT2D eigenvalue weighted by atomic mass is 9.74. The molecule has 0 radical (unpaired) electrons. The molecule has 2 fully saturated rings. The minimum Gasteiger partial charge on any atom is -0.375 e. The first-order valence-electron chi connectivity index (χ1n) is 9.21. The van der Waals surface area contributed by atoms with Crippen LogP contribution in [0.2, 0.25) is 0 Å². The Morgan fingerprint density at radius 2 is 2.15 bits per heavy atom. The quantitative estimate of drug-likeness (QED) is 0.869. The highest BCUT2D eigenvalue weighted by atomic mass is 32.1. The first-order valence-corrected chi connectivity index (χ1v) is 10.1. The molecule has 2 aromatic rings. The van der Waals surface area contributed by atoms with Crippen molar-refractivity contribution >= 4 is 17.2 Å². The number of carbonyl (C=O) groups excluding carboxylic acids is 1. The Morgan fingerprint density at radius 3 is 2.88 bits per heavy atom. The predicted octanol–water partition coefficient (Wildman–Crippen LogP) is 3.63. The summed E-state index contributed by atoms with van der Waals surface area (Å²) >= 11 is 1.54. The van der Waals surface area contributed by atoms with Crippen LogP contribution in [0.1, 0.15) is 48.4 Å². The van der Waals surface area contributed by atoms with Crippen molar-refractivity contribution in [2.24, 2.45) is 0 Å². The molecule has 1 aliphatic heterocycles. The lowest BCUT2D eigenvalue weighted by molar-refractivity contribution is -0.140. The third kappa shape index (κ3) is 4.13. The zero-order chi connectivity index (χ0) is 18.0. The normalized spacial score (nSPS) is 21.3. The number of nitrogens with zero attached hydrogens (tertiary/aromatic N) is 1. The third-order valence-electron chi connectivity index (χ3n) is 5.33. The van der Waals surface area contributed by atoms with Crippen LogP contribution in [-0.2, 0) is 22.4 Å². The number of rotatable bonds is 5. The van der Waals surface area contributed by atoms with E-state index in [0.29, 0.717) is 12.8 Å². The molecule has 1 saturated heterocycles. The molecule has 6 heteroatoms. The van der Waals surface area contributed by atoms with E-state index < -0.39 is 0 Å². The van der Waals surface area contributed by atoms with Gasteiger partial charge in [-0.3, -0.25) is 4.79 Å². The van der Waals surface area contributed by atoms with E-state index in [2.05, 4.69) is 10.3 Å². The van der Waals surface area contributed by atoms with Crippen LogP contribution in [0.25, 0.3) is 0 Å². The standard InChI is InChI=1S/C20H23FN2O2S/c21-15-4-2-14(3-5-15)10-19-23-17(13-26-19)11-18(24)22-16-6-9-25-20(12-16)7-1-8-20/h2-5,13,16H,1,6-12H2,(H,22,24). The van der Waals surface area contributed by atoms with Gasteiger partial charge in [-0.2, -0.15) is 0 Å². The second-order valence-electron chi connectivity index (χ2n) is 7.35. The molecular weight excluding hydrogens is 351 g/mol. The van der Waals surface area contributed by atoms with Gasteiger partial charge in [0.2, 0.25) is 5.91 Å². The van der Waals surface area contributed by atoms with E-state index in [1.165, 1.54) is 18.6 Å². The van der Waals surface area contributed by atoms with Crippen molar-refractivity contribution in [1.82, 2.24) is 10.3 Å². The molecule has 1 aliphatic carbocycles. The Morgan fingerprint density at radius 1 is 1.35 bits per heavy atom. The van der Waals surface area contributed by atoms with Crippen LogP contribution in [0.4, 0.5) is 4.39 Å². The molecule has 138 valence electrons. The monoisotopic (exact) mass is 374 g/mol. The Balaban J connectivity index is 1.29. The molecule has 1 unspecified atom stereocenters. The minimum absolute atomic E-state index is 0.0324. The van der Waals surface area contributed by atoms with Crippen LogP contribution in [0.5, 0.6) is 0 Å². The van der Waals surface area contributed by atoms with Crippen molar-refractivity contribution in [3.8, 4) is 0 Å². The molecule has 26 heavy (non-hydrogen) atoms. The van der Waals surface area contributed by atoms with E-state index in [9.17, 15) is 9.18 Å². The second-order valence-corrected chi connectivity index (χ2v) is 8.30. The second kappa shape index (κ2) is 7.45. The van der Waals surface area contributed by atoms with Crippen molar-refractivity contribution in [1.29, 1.82) is 0 Å². The summed E-state index contributed by atoms with van der Waals surface area (Å²) in [5.74, 6) is -0.202. The van der Waals surface area contributed by atoms with E-state index in [0.717, 1.165) is 48.6 Å². The summed E-state index contributed by atoms with van der Waals surface area (Å²) in [6, 6.07) is 6.67. The lowest BCUT2D eigenvalue weighted by Crippen LogP contribution is -2.52. The molecule has 1 N–H and O–H groups in total. The van der Waals surface area contributed by atoms with Gasteiger partial charge >= 0.3 is 0 Å².